The zero-order chi connectivity index (χ0) is 48.2. The summed E-state index contributed by atoms with van der Waals surface area (Å²) in [5.41, 5.74) is 2.98. The van der Waals surface area contributed by atoms with E-state index in [0.717, 1.165) is 54.0 Å². The average Bonchev–Trinajstić information content (AvgIpc) is 4.00. The van der Waals surface area contributed by atoms with Crippen molar-refractivity contribution >= 4 is 33.5 Å². The van der Waals surface area contributed by atoms with E-state index in [2.05, 4.69) is 52.6 Å². The lowest BCUT2D eigenvalue weighted by atomic mass is 9.91. The summed E-state index contributed by atoms with van der Waals surface area (Å²) in [6, 6.07) is 35.4. The summed E-state index contributed by atoms with van der Waals surface area (Å²) < 4.78 is 96.2. The van der Waals surface area contributed by atoms with Gasteiger partial charge in [0.15, 0.2) is 0 Å². The quantitative estimate of drug-likeness (QED) is 0.0744. The second kappa shape index (κ2) is 20.9. The minimum Gasteiger partial charge on any atom is -0.469 e. The number of nitrogens with one attached hydrogen (secondary N) is 2. The van der Waals surface area contributed by atoms with E-state index in [0.29, 0.717) is 17.5 Å². The Balaban J connectivity index is 0.857. The van der Waals surface area contributed by atoms with Crippen LogP contribution in [0, 0.1) is 0 Å². The third-order valence-electron chi connectivity index (χ3n) is 14.3. The molecule has 2 aliphatic rings. The molecule has 0 heterocycles. The Bertz CT molecular complexity index is 2750. The Kier molecular flexibility index (Phi) is 15.0. The lowest BCUT2D eigenvalue weighted by molar-refractivity contribution is -0.145. The molecular formula is C56H58F6N2O4. The van der Waals surface area contributed by atoms with Crippen molar-refractivity contribution in [2.45, 2.75) is 133 Å². The maximum absolute atomic E-state index is 14.5. The predicted molar refractivity (Wildman–Crippen MR) is 253 cm³/mol. The van der Waals surface area contributed by atoms with Gasteiger partial charge in [0.05, 0.1) is 18.2 Å². The summed E-state index contributed by atoms with van der Waals surface area (Å²) in [5.74, 6) is -1.23. The van der Waals surface area contributed by atoms with Crippen molar-refractivity contribution in [2.24, 2.45) is 0 Å². The van der Waals surface area contributed by atoms with Crippen LogP contribution in [0.1, 0.15) is 139 Å². The number of rotatable bonds is 16. The molecule has 0 spiro atoms. The summed E-state index contributed by atoms with van der Waals surface area (Å²) in [5, 5.41) is 11.6. The molecule has 6 unspecified atom stereocenters. The number of ether oxygens (including phenoxy) is 2. The summed E-state index contributed by atoms with van der Waals surface area (Å²) in [6.07, 6.45) is -5.08. The molecule has 0 bridgehead atoms. The van der Waals surface area contributed by atoms with Crippen LogP contribution < -0.4 is 10.6 Å². The second-order valence-electron chi connectivity index (χ2n) is 18.7. The van der Waals surface area contributed by atoms with Crippen LogP contribution >= 0.6 is 0 Å². The van der Waals surface area contributed by atoms with Crippen LogP contribution in [0.25, 0.3) is 21.5 Å². The minimum absolute atomic E-state index is 0.0116. The van der Waals surface area contributed by atoms with Gasteiger partial charge < -0.3 is 20.1 Å². The van der Waals surface area contributed by atoms with E-state index in [1.165, 1.54) is 47.7 Å². The number of alkyl halides is 6. The molecular weight excluding hydrogens is 879 g/mol. The molecule has 68 heavy (non-hydrogen) atoms. The van der Waals surface area contributed by atoms with Crippen LogP contribution in [0.3, 0.4) is 0 Å². The van der Waals surface area contributed by atoms with Gasteiger partial charge in [0.2, 0.25) is 0 Å². The Morgan fingerprint density at radius 3 is 1.63 bits per heavy atom. The summed E-state index contributed by atoms with van der Waals surface area (Å²) in [4.78, 5) is 24.7. The first kappa shape index (κ1) is 48.7. The van der Waals surface area contributed by atoms with Crippen molar-refractivity contribution in [3.05, 3.63) is 165 Å². The van der Waals surface area contributed by atoms with Gasteiger partial charge in [-0.1, -0.05) is 103 Å². The fourth-order valence-corrected chi connectivity index (χ4v) is 10.8. The molecule has 2 N–H and O–H groups in total. The van der Waals surface area contributed by atoms with Crippen LogP contribution in [-0.4, -0.2) is 31.1 Å². The number of hydrogen-bond donors (Lipinski definition) is 2. The number of hydrogen-bond acceptors (Lipinski definition) is 6. The number of carbonyl (C=O) groups excluding carboxylic acids is 2. The molecule has 12 heteroatoms. The SMILES string of the molecule is COC(=O)CCc1ccc(C2CCC(NC(C)c3cccc4c(COC(=O)CCc5ccc(C6CCC(NC(C)c7cccc8ccccc78)C6)cc5C(F)(F)F)cccc34)C2)cc1C(F)(F)F. The summed E-state index contributed by atoms with van der Waals surface area (Å²) in [6.45, 7) is 4.13. The summed E-state index contributed by atoms with van der Waals surface area (Å²) in [7, 11) is 1.21. The fourth-order valence-electron chi connectivity index (χ4n) is 10.8. The molecule has 6 aromatic rings. The number of aryl methyl sites for hydroxylation is 2. The molecule has 0 aromatic heterocycles. The Hall–Kier alpha value is -5.72. The van der Waals surface area contributed by atoms with E-state index in [1.807, 2.05) is 55.5 Å². The predicted octanol–water partition coefficient (Wildman–Crippen LogP) is 13.8. The normalized spacial score (nSPS) is 19.6. The maximum Gasteiger partial charge on any atom is 0.416 e. The molecule has 6 atom stereocenters. The van der Waals surface area contributed by atoms with Gasteiger partial charge in [-0.25, -0.2) is 0 Å². The molecule has 6 nitrogen and oxygen atoms in total. The zero-order valence-electron chi connectivity index (χ0n) is 38.6. The zero-order valence-corrected chi connectivity index (χ0v) is 38.6. The number of fused-ring (bicyclic) bond motifs is 2. The largest absolute Gasteiger partial charge is 0.469 e. The van der Waals surface area contributed by atoms with E-state index in [9.17, 15) is 35.9 Å². The topological polar surface area (TPSA) is 76.7 Å². The number of carbonyl (C=O) groups is 2. The van der Waals surface area contributed by atoms with Gasteiger partial charge in [0.1, 0.15) is 6.61 Å². The van der Waals surface area contributed by atoms with Crippen molar-refractivity contribution in [2.75, 3.05) is 7.11 Å². The lowest BCUT2D eigenvalue weighted by Gasteiger charge is -2.22. The van der Waals surface area contributed by atoms with Crippen molar-refractivity contribution in [3.8, 4) is 0 Å². The average molecular weight is 937 g/mol. The third kappa shape index (κ3) is 11.4. The van der Waals surface area contributed by atoms with Gasteiger partial charge in [0, 0.05) is 37.0 Å². The fraction of sp³-hybridized carbons (Fsp3) is 0.393. The van der Waals surface area contributed by atoms with Crippen LogP contribution in [0.5, 0.6) is 0 Å². The number of esters is 2. The van der Waals surface area contributed by atoms with Gasteiger partial charge in [-0.3, -0.25) is 9.59 Å². The number of halogens is 6. The summed E-state index contributed by atoms with van der Waals surface area (Å²) >= 11 is 0. The van der Waals surface area contributed by atoms with Gasteiger partial charge in [0.25, 0.3) is 0 Å². The van der Waals surface area contributed by atoms with Gasteiger partial charge in [-0.05, 0) is 150 Å². The highest BCUT2D eigenvalue weighted by atomic mass is 19.4. The Labute approximate surface area is 393 Å². The van der Waals surface area contributed by atoms with E-state index < -0.39 is 35.4 Å². The van der Waals surface area contributed by atoms with Gasteiger partial charge in [-0.15, -0.1) is 0 Å². The van der Waals surface area contributed by atoms with E-state index in [4.69, 9.17) is 4.74 Å². The van der Waals surface area contributed by atoms with E-state index >= 15 is 0 Å². The van der Waals surface area contributed by atoms with Crippen LogP contribution in [0.15, 0.2) is 115 Å². The molecule has 2 aliphatic carbocycles. The van der Waals surface area contributed by atoms with Crippen molar-refractivity contribution in [1.29, 1.82) is 0 Å². The van der Waals surface area contributed by atoms with E-state index in [-0.39, 0.29) is 79.4 Å². The van der Waals surface area contributed by atoms with Gasteiger partial charge in [-0.2, -0.15) is 26.3 Å². The standard InChI is InChI=1S/C56H58F6N2O4/c1-34(46-13-6-10-36-9-4-5-12-48(36)46)63-44-25-21-39(29-44)42-20-18-38(52(32-42)56(60,61)62)24-28-54(66)68-33-43-11-7-16-50-47(14-8-15-49(43)50)35(2)64-45-26-22-40(30-45)41-19-17-37(23-27-53(65)67-3)51(31-41)55(57,58)59/h4-20,31-32,34-35,39-40,44-45,63-64H,21-30,33H2,1-3H3. The van der Waals surface area contributed by atoms with Crippen LogP contribution in [0.4, 0.5) is 26.3 Å². The highest BCUT2D eigenvalue weighted by molar-refractivity contribution is 5.89. The molecule has 0 amide bonds. The lowest BCUT2D eigenvalue weighted by Crippen LogP contribution is -2.29. The molecule has 8 rings (SSSR count). The number of methoxy groups -OCH3 is 1. The molecule has 2 fully saturated rings. The molecule has 0 radical (unpaired) electrons. The number of benzene rings is 6. The van der Waals surface area contributed by atoms with Crippen molar-refractivity contribution in [3.63, 3.8) is 0 Å². The van der Waals surface area contributed by atoms with E-state index in [1.54, 1.807) is 12.1 Å². The highest BCUT2D eigenvalue weighted by Gasteiger charge is 2.37. The van der Waals surface area contributed by atoms with Crippen molar-refractivity contribution < 1.29 is 45.4 Å². The maximum atomic E-state index is 14.5. The smallest absolute Gasteiger partial charge is 0.416 e. The van der Waals surface area contributed by atoms with Crippen LogP contribution in [0.2, 0.25) is 0 Å². The third-order valence-corrected chi connectivity index (χ3v) is 14.3. The van der Waals surface area contributed by atoms with Crippen LogP contribution in [-0.2, 0) is 50.9 Å². The Morgan fingerprint density at radius 2 is 1.06 bits per heavy atom. The second-order valence-corrected chi connectivity index (χ2v) is 18.7. The first-order valence-corrected chi connectivity index (χ1v) is 23.7. The molecule has 0 saturated heterocycles. The molecule has 358 valence electrons. The minimum atomic E-state index is -4.58. The first-order chi connectivity index (χ1) is 32.5. The van der Waals surface area contributed by atoms with Crippen molar-refractivity contribution in [1.82, 2.24) is 10.6 Å². The highest BCUT2D eigenvalue weighted by Crippen LogP contribution is 2.42. The monoisotopic (exact) mass is 936 g/mol. The molecule has 0 aliphatic heterocycles. The molecule has 2 saturated carbocycles. The molecule has 6 aromatic carbocycles. The first-order valence-electron chi connectivity index (χ1n) is 23.7. The Morgan fingerprint density at radius 1 is 0.574 bits per heavy atom. The van der Waals surface area contributed by atoms with Gasteiger partial charge >= 0.3 is 24.3 Å².